The number of unbranched alkanes of at least 4 members (excludes halogenated alkanes) is 14. The molecular formula is C24H46O2. The van der Waals surface area contributed by atoms with Gasteiger partial charge in [-0.25, -0.2) is 4.79 Å². The van der Waals surface area contributed by atoms with Crippen LogP contribution in [0.2, 0.25) is 0 Å². The van der Waals surface area contributed by atoms with Crippen molar-refractivity contribution in [1.82, 2.24) is 0 Å². The lowest BCUT2D eigenvalue weighted by atomic mass is 9.88. The van der Waals surface area contributed by atoms with Gasteiger partial charge >= 0.3 is 5.97 Å². The van der Waals surface area contributed by atoms with Crippen LogP contribution in [0.5, 0.6) is 0 Å². The molecule has 0 aliphatic rings. The van der Waals surface area contributed by atoms with E-state index < -0.39 is 5.97 Å². The van der Waals surface area contributed by atoms with Crippen molar-refractivity contribution in [2.45, 2.75) is 129 Å². The second-order valence-electron chi connectivity index (χ2n) is 8.05. The molecule has 0 radical (unpaired) electrons. The van der Waals surface area contributed by atoms with Gasteiger partial charge in [0.2, 0.25) is 0 Å². The second-order valence-corrected chi connectivity index (χ2v) is 8.05. The maximum absolute atomic E-state index is 11.3. The zero-order chi connectivity index (χ0) is 19.5. The Labute approximate surface area is 163 Å². The van der Waals surface area contributed by atoms with Crippen LogP contribution in [0.15, 0.2) is 12.2 Å². The van der Waals surface area contributed by atoms with Gasteiger partial charge in [0.25, 0.3) is 0 Å². The summed E-state index contributed by atoms with van der Waals surface area (Å²) in [6, 6.07) is 0. The number of carboxylic acid groups (broad SMARTS) is 1. The third kappa shape index (κ3) is 15.5. The minimum atomic E-state index is -0.797. The SMILES string of the molecule is C=C(C(=O)O)C(CCCCCCCCC)CCCCCCCCCCC. The maximum atomic E-state index is 11.3. The molecule has 0 aromatic heterocycles. The van der Waals surface area contributed by atoms with E-state index in [0.717, 1.165) is 25.7 Å². The predicted octanol–water partition coefficient (Wildman–Crippen LogP) is 8.31. The van der Waals surface area contributed by atoms with Gasteiger partial charge in [-0.15, -0.1) is 0 Å². The van der Waals surface area contributed by atoms with E-state index in [4.69, 9.17) is 0 Å². The Kier molecular flexibility index (Phi) is 18.4. The summed E-state index contributed by atoms with van der Waals surface area (Å²) in [5.41, 5.74) is 0.440. The first-order valence-corrected chi connectivity index (χ1v) is 11.6. The molecule has 0 aromatic rings. The van der Waals surface area contributed by atoms with Crippen LogP contribution in [-0.2, 0) is 4.79 Å². The summed E-state index contributed by atoms with van der Waals surface area (Å²) >= 11 is 0. The van der Waals surface area contributed by atoms with E-state index >= 15 is 0 Å². The van der Waals surface area contributed by atoms with Crippen molar-refractivity contribution in [3.8, 4) is 0 Å². The Balaban J connectivity index is 3.81. The lowest BCUT2D eigenvalue weighted by Crippen LogP contribution is -2.12. The van der Waals surface area contributed by atoms with E-state index in [1.165, 1.54) is 89.9 Å². The first-order valence-electron chi connectivity index (χ1n) is 11.6. The van der Waals surface area contributed by atoms with Crippen molar-refractivity contribution in [3.63, 3.8) is 0 Å². The van der Waals surface area contributed by atoms with Crippen molar-refractivity contribution >= 4 is 5.97 Å². The van der Waals surface area contributed by atoms with E-state index in [0.29, 0.717) is 5.57 Å². The van der Waals surface area contributed by atoms with Gasteiger partial charge in [0, 0.05) is 5.57 Å². The average molecular weight is 367 g/mol. The molecule has 26 heavy (non-hydrogen) atoms. The van der Waals surface area contributed by atoms with Gasteiger partial charge in [0.15, 0.2) is 0 Å². The Morgan fingerprint density at radius 3 is 1.27 bits per heavy atom. The molecule has 2 nitrogen and oxygen atoms in total. The molecule has 2 heteroatoms. The van der Waals surface area contributed by atoms with Gasteiger partial charge in [-0.3, -0.25) is 0 Å². The quantitative estimate of drug-likeness (QED) is 0.174. The first-order chi connectivity index (χ1) is 12.6. The van der Waals surface area contributed by atoms with Crippen LogP contribution in [0.3, 0.4) is 0 Å². The Bertz CT molecular complexity index is 335. The molecule has 0 saturated heterocycles. The highest BCUT2D eigenvalue weighted by molar-refractivity contribution is 5.86. The van der Waals surface area contributed by atoms with Crippen molar-refractivity contribution in [1.29, 1.82) is 0 Å². The third-order valence-corrected chi connectivity index (χ3v) is 5.58. The molecule has 0 spiro atoms. The van der Waals surface area contributed by atoms with E-state index in [1.54, 1.807) is 0 Å². The summed E-state index contributed by atoms with van der Waals surface area (Å²) in [6.07, 6.45) is 22.9. The zero-order valence-corrected chi connectivity index (χ0v) is 17.9. The summed E-state index contributed by atoms with van der Waals surface area (Å²) in [6.45, 7) is 8.35. The molecule has 1 unspecified atom stereocenters. The van der Waals surface area contributed by atoms with Crippen LogP contribution < -0.4 is 0 Å². The third-order valence-electron chi connectivity index (χ3n) is 5.58. The summed E-state index contributed by atoms with van der Waals surface area (Å²) in [4.78, 5) is 11.3. The monoisotopic (exact) mass is 366 g/mol. The summed E-state index contributed by atoms with van der Waals surface area (Å²) in [5, 5.41) is 9.30. The largest absolute Gasteiger partial charge is 0.478 e. The molecule has 1 atom stereocenters. The second kappa shape index (κ2) is 19.0. The lowest BCUT2D eigenvalue weighted by Gasteiger charge is -2.17. The number of carboxylic acids is 1. The number of aliphatic carboxylic acids is 1. The summed E-state index contributed by atoms with van der Waals surface area (Å²) in [7, 11) is 0. The molecular weight excluding hydrogens is 320 g/mol. The molecule has 154 valence electrons. The van der Waals surface area contributed by atoms with E-state index in [2.05, 4.69) is 20.4 Å². The summed E-state index contributed by atoms with van der Waals surface area (Å²) < 4.78 is 0. The highest BCUT2D eigenvalue weighted by Crippen LogP contribution is 2.25. The van der Waals surface area contributed by atoms with Crippen LogP contribution in [-0.4, -0.2) is 11.1 Å². The molecule has 0 heterocycles. The van der Waals surface area contributed by atoms with Crippen LogP contribution >= 0.6 is 0 Å². The lowest BCUT2D eigenvalue weighted by molar-refractivity contribution is -0.133. The van der Waals surface area contributed by atoms with Crippen LogP contribution in [0, 0.1) is 5.92 Å². The molecule has 0 aliphatic carbocycles. The molecule has 0 rings (SSSR count). The Hall–Kier alpha value is -0.790. The molecule has 1 N–H and O–H groups in total. The molecule has 0 saturated carbocycles. The highest BCUT2D eigenvalue weighted by Gasteiger charge is 2.17. The van der Waals surface area contributed by atoms with Crippen molar-refractivity contribution in [3.05, 3.63) is 12.2 Å². The normalized spacial score (nSPS) is 12.2. The van der Waals surface area contributed by atoms with E-state index in [-0.39, 0.29) is 5.92 Å². The van der Waals surface area contributed by atoms with Gasteiger partial charge < -0.3 is 5.11 Å². The molecule has 0 aromatic carbocycles. The van der Waals surface area contributed by atoms with Crippen molar-refractivity contribution < 1.29 is 9.90 Å². The van der Waals surface area contributed by atoms with Crippen LogP contribution in [0.1, 0.15) is 129 Å². The first kappa shape index (κ1) is 25.2. The van der Waals surface area contributed by atoms with Gasteiger partial charge in [-0.1, -0.05) is 123 Å². The zero-order valence-electron chi connectivity index (χ0n) is 17.9. The average Bonchev–Trinajstić information content (AvgIpc) is 2.63. The van der Waals surface area contributed by atoms with Crippen molar-refractivity contribution in [2.75, 3.05) is 0 Å². The van der Waals surface area contributed by atoms with E-state index in [9.17, 15) is 9.90 Å². The summed E-state index contributed by atoms with van der Waals surface area (Å²) in [5.74, 6) is -0.610. The standard InChI is InChI=1S/C24H46O2/c1-4-6-8-10-12-13-15-17-19-21-23(22(3)24(25)26)20-18-16-14-11-9-7-5-2/h23H,3-21H2,1-2H3,(H,25,26). The minimum absolute atomic E-state index is 0.188. The molecule has 0 aliphatic heterocycles. The number of carbonyl (C=O) groups is 1. The number of hydrogen-bond donors (Lipinski definition) is 1. The molecule has 0 bridgehead atoms. The maximum Gasteiger partial charge on any atom is 0.331 e. The fraction of sp³-hybridized carbons (Fsp3) is 0.875. The topological polar surface area (TPSA) is 37.3 Å². The van der Waals surface area contributed by atoms with Crippen LogP contribution in [0.4, 0.5) is 0 Å². The van der Waals surface area contributed by atoms with Crippen molar-refractivity contribution in [2.24, 2.45) is 5.92 Å². The van der Waals surface area contributed by atoms with Gasteiger partial charge in [0.1, 0.15) is 0 Å². The fourth-order valence-electron chi connectivity index (χ4n) is 3.72. The van der Waals surface area contributed by atoms with Gasteiger partial charge in [-0.05, 0) is 18.8 Å². The number of hydrogen-bond acceptors (Lipinski definition) is 1. The molecule has 0 fully saturated rings. The van der Waals surface area contributed by atoms with Gasteiger partial charge in [-0.2, -0.15) is 0 Å². The minimum Gasteiger partial charge on any atom is -0.478 e. The van der Waals surface area contributed by atoms with E-state index in [1.807, 2.05) is 0 Å². The Morgan fingerprint density at radius 2 is 0.962 bits per heavy atom. The van der Waals surface area contributed by atoms with Gasteiger partial charge in [0.05, 0.1) is 0 Å². The number of rotatable bonds is 20. The predicted molar refractivity (Wildman–Crippen MR) is 115 cm³/mol. The smallest absolute Gasteiger partial charge is 0.331 e. The fourth-order valence-corrected chi connectivity index (χ4v) is 3.72. The highest BCUT2D eigenvalue weighted by atomic mass is 16.4. The molecule has 0 amide bonds. The van der Waals surface area contributed by atoms with Crippen LogP contribution in [0.25, 0.3) is 0 Å². The Morgan fingerprint density at radius 1 is 0.654 bits per heavy atom.